The Labute approximate surface area is 162 Å². The van der Waals surface area contributed by atoms with Gasteiger partial charge in [-0.05, 0) is 42.8 Å². The van der Waals surface area contributed by atoms with Gasteiger partial charge in [0.05, 0.1) is 13.1 Å². The quantitative estimate of drug-likeness (QED) is 0.610. The average Bonchev–Trinajstić information content (AvgIpc) is 3.37. The molecule has 6 heteroatoms. The molecule has 0 bridgehead atoms. The van der Waals surface area contributed by atoms with Gasteiger partial charge in [-0.15, -0.1) is 11.3 Å². The van der Waals surface area contributed by atoms with Crippen LogP contribution >= 0.6 is 11.3 Å². The first kappa shape index (κ1) is 17.8. The van der Waals surface area contributed by atoms with E-state index in [2.05, 4.69) is 5.16 Å². The van der Waals surface area contributed by atoms with E-state index in [1.165, 1.54) is 0 Å². The lowest BCUT2D eigenvalue weighted by molar-refractivity contribution is 0.0706. The standard InChI is InChI=1S/C21H22N2O3S/c24-21(20-18-10-4-5-11-19(18)26-22-20)23(15-17-9-6-14-27-17)12-13-25-16-7-2-1-3-8-16/h1-3,6-9,14H,4-5,10-13,15H2. The van der Waals surface area contributed by atoms with Crippen LogP contribution in [0.4, 0.5) is 0 Å². The van der Waals surface area contributed by atoms with Crippen molar-refractivity contribution >= 4 is 17.2 Å². The van der Waals surface area contributed by atoms with Crippen LogP contribution in [0, 0.1) is 0 Å². The molecule has 1 aliphatic carbocycles. The molecule has 0 saturated carbocycles. The number of para-hydroxylation sites is 1. The molecule has 27 heavy (non-hydrogen) atoms. The van der Waals surface area contributed by atoms with Crippen LogP contribution in [0.15, 0.2) is 52.4 Å². The Kier molecular flexibility index (Phi) is 5.53. The summed E-state index contributed by atoms with van der Waals surface area (Å²) in [6.45, 7) is 1.48. The van der Waals surface area contributed by atoms with Gasteiger partial charge in [0.1, 0.15) is 18.1 Å². The van der Waals surface area contributed by atoms with Crippen LogP contribution in [0.5, 0.6) is 5.75 Å². The minimum Gasteiger partial charge on any atom is -0.492 e. The zero-order valence-corrected chi connectivity index (χ0v) is 15.9. The molecule has 0 fully saturated rings. The van der Waals surface area contributed by atoms with Crippen molar-refractivity contribution in [3.8, 4) is 5.75 Å². The summed E-state index contributed by atoms with van der Waals surface area (Å²) in [5, 5.41) is 6.13. The zero-order chi connectivity index (χ0) is 18.5. The number of amides is 1. The second-order valence-corrected chi connectivity index (χ2v) is 7.64. The number of ether oxygens (including phenoxy) is 1. The van der Waals surface area contributed by atoms with Gasteiger partial charge in [-0.1, -0.05) is 29.4 Å². The number of fused-ring (bicyclic) bond motifs is 1. The van der Waals surface area contributed by atoms with E-state index in [1.54, 1.807) is 11.3 Å². The van der Waals surface area contributed by atoms with Crippen molar-refractivity contribution in [1.29, 1.82) is 0 Å². The van der Waals surface area contributed by atoms with Crippen LogP contribution in [0.25, 0.3) is 0 Å². The van der Waals surface area contributed by atoms with Gasteiger partial charge in [0.15, 0.2) is 5.69 Å². The van der Waals surface area contributed by atoms with E-state index in [9.17, 15) is 4.79 Å². The molecule has 140 valence electrons. The second-order valence-electron chi connectivity index (χ2n) is 6.61. The molecule has 0 N–H and O–H groups in total. The van der Waals surface area contributed by atoms with Gasteiger partial charge in [-0.25, -0.2) is 0 Å². The van der Waals surface area contributed by atoms with Gasteiger partial charge in [0, 0.05) is 16.9 Å². The third kappa shape index (κ3) is 4.22. The lowest BCUT2D eigenvalue weighted by atomic mass is 9.96. The van der Waals surface area contributed by atoms with E-state index >= 15 is 0 Å². The minimum atomic E-state index is -0.0769. The van der Waals surface area contributed by atoms with Gasteiger partial charge >= 0.3 is 0 Å². The van der Waals surface area contributed by atoms with Crippen molar-refractivity contribution in [2.75, 3.05) is 13.2 Å². The van der Waals surface area contributed by atoms with Crippen molar-refractivity contribution in [1.82, 2.24) is 10.1 Å². The Hall–Kier alpha value is -2.60. The minimum absolute atomic E-state index is 0.0769. The summed E-state index contributed by atoms with van der Waals surface area (Å²) in [7, 11) is 0. The monoisotopic (exact) mass is 382 g/mol. The number of aromatic nitrogens is 1. The lowest BCUT2D eigenvalue weighted by Gasteiger charge is -2.22. The van der Waals surface area contributed by atoms with Crippen LogP contribution in [-0.4, -0.2) is 29.1 Å². The summed E-state index contributed by atoms with van der Waals surface area (Å²) in [4.78, 5) is 16.1. The molecule has 0 saturated heterocycles. The van der Waals surface area contributed by atoms with Crippen LogP contribution < -0.4 is 4.74 Å². The topological polar surface area (TPSA) is 55.6 Å². The number of aryl methyl sites for hydroxylation is 1. The van der Waals surface area contributed by atoms with Crippen molar-refractivity contribution < 1.29 is 14.1 Å². The number of rotatable bonds is 7. The van der Waals surface area contributed by atoms with Crippen LogP contribution in [0.1, 0.15) is 39.5 Å². The third-order valence-electron chi connectivity index (χ3n) is 4.74. The molecule has 2 aromatic heterocycles. The van der Waals surface area contributed by atoms with Crippen molar-refractivity contribution in [3.63, 3.8) is 0 Å². The molecule has 2 heterocycles. The summed E-state index contributed by atoms with van der Waals surface area (Å²) in [5.74, 6) is 1.60. The number of hydrogen-bond donors (Lipinski definition) is 0. The van der Waals surface area contributed by atoms with Gasteiger partial charge in [0.25, 0.3) is 5.91 Å². The van der Waals surface area contributed by atoms with Gasteiger partial charge in [-0.2, -0.15) is 0 Å². The fourth-order valence-corrected chi connectivity index (χ4v) is 4.06. The van der Waals surface area contributed by atoms with Gasteiger partial charge in [0.2, 0.25) is 0 Å². The van der Waals surface area contributed by atoms with E-state index < -0.39 is 0 Å². The molecule has 0 unspecified atom stereocenters. The number of nitrogens with zero attached hydrogens (tertiary/aromatic N) is 2. The molecule has 3 aromatic rings. The first-order chi connectivity index (χ1) is 13.3. The molecule has 1 aliphatic rings. The number of carbonyl (C=O) groups is 1. The molecule has 5 nitrogen and oxygen atoms in total. The molecular weight excluding hydrogens is 360 g/mol. The molecule has 0 atom stereocenters. The fourth-order valence-electron chi connectivity index (χ4n) is 3.34. The molecular formula is C21H22N2O3S. The summed E-state index contributed by atoms with van der Waals surface area (Å²) in [6, 6.07) is 13.7. The Bertz CT molecular complexity index is 874. The molecule has 4 rings (SSSR count). The molecule has 0 aliphatic heterocycles. The maximum absolute atomic E-state index is 13.2. The number of hydrogen-bond acceptors (Lipinski definition) is 5. The van der Waals surface area contributed by atoms with Crippen LogP contribution in [0.2, 0.25) is 0 Å². The fraction of sp³-hybridized carbons (Fsp3) is 0.333. The van der Waals surface area contributed by atoms with E-state index in [0.29, 0.717) is 25.4 Å². The summed E-state index contributed by atoms with van der Waals surface area (Å²) >= 11 is 1.65. The predicted molar refractivity (Wildman–Crippen MR) is 104 cm³/mol. The second kappa shape index (κ2) is 8.39. The summed E-state index contributed by atoms with van der Waals surface area (Å²) < 4.78 is 11.2. The van der Waals surface area contributed by atoms with Gasteiger partial charge < -0.3 is 14.2 Å². The maximum atomic E-state index is 13.2. The zero-order valence-electron chi connectivity index (χ0n) is 15.1. The molecule has 0 spiro atoms. The van der Waals surface area contributed by atoms with Crippen LogP contribution in [0.3, 0.4) is 0 Å². The largest absolute Gasteiger partial charge is 0.492 e. The number of benzene rings is 1. The highest BCUT2D eigenvalue weighted by atomic mass is 32.1. The van der Waals surface area contributed by atoms with Crippen LogP contribution in [-0.2, 0) is 19.4 Å². The van der Waals surface area contributed by atoms with E-state index in [1.807, 2.05) is 52.7 Å². The first-order valence-corrected chi connectivity index (χ1v) is 10.2. The van der Waals surface area contributed by atoms with E-state index in [4.69, 9.17) is 9.26 Å². The predicted octanol–water partition coefficient (Wildman–Crippen LogP) is 4.34. The summed E-state index contributed by atoms with van der Waals surface area (Å²) in [5.41, 5.74) is 1.47. The highest BCUT2D eigenvalue weighted by Gasteiger charge is 2.27. The average molecular weight is 382 g/mol. The normalized spacial score (nSPS) is 13.2. The smallest absolute Gasteiger partial charge is 0.276 e. The Morgan fingerprint density at radius 1 is 1.15 bits per heavy atom. The van der Waals surface area contributed by atoms with Crippen molar-refractivity contribution in [2.45, 2.75) is 32.2 Å². The Morgan fingerprint density at radius 2 is 2.00 bits per heavy atom. The van der Waals surface area contributed by atoms with E-state index in [0.717, 1.165) is 47.6 Å². The number of carbonyl (C=O) groups excluding carboxylic acids is 1. The molecule has 0 radical (unpaired) electrons. The van der Waals surface area contributed by atoms with E-state index in [-0.39, 0.29) is 5.91 Å². The van der Waals surface area contributed by atoms with Gasteiger partial charge in [-0.3, -0.25) is 4.79 Å². The Morgan fingerprint density at radius 3 is 2.81 bits per heavy atom. The molecule has 1 aromatic carbocycles. The lowest BCUT2D eigenvalue weighted by Crippen LogP contribution is -2.34. The third-order valence-corrected chi connectivity index (χ3v) is 5.60. The number of thiophene rings is 1. The first-order valence-electron chi connectivity index (χ1n) is 9.28. The SMILES string of the molecule is O=C(c1noc2c1CCCC2)N(CCOc1ccccc1)Cc1cccs1. The highest BCUT2D eigenvalue weighted by molar-refractivity contribution is 7.09. The Balaban J connectivity index is 1.48. The van der Waals surface area contributed by atoms with Crippen molar-refractivity contribution in [2.24, 2.45) is 0 Å². The summed E-state index contributed by atoms with van der Waals surface area (Å²) in [6.07, 6.45) is 3.92. The van der Waals surface area contributed by atoms with Crippen molar-refractivity contribution in [3.05, 3.63) is 69.7 Å². The molecule has 1 amide bonds. The highest BCUT2D eigenvalue weighted by Crippen LogP contribution is 2.26. The maximum Gasteiger partial charge on any atom is 0.276 e.